The summed E-state index contributed by atoms with van der Waals surface area (Å²) in [5.74, 6) is 1.44. The van der Waals surface area contributed by atoms with E-state index in [1.807, 2.05) is 38.1 Å². The van der Waals surface area contributed by atoms with Crippen LogP contribution in [0.2, 0.25) is 0 Å². The van der Waals surface area contributed by atoms with Crippen molar-refractivity contribution in [3.63, 3.8) is 0 Å². The van der Waals surface area contributed by atoms with Crippen LogP contribution in [0.1, 0.15) is 15.6 Å². The van der Waals surface area contributed by atoms with E-state index in [-0.39, 0.29) is 11.4 Å². The van der Waals surface area contributed by atoms with Gasteiger partial charge in [-0.15, -0.1) is 21.5 Å². The maximum absolute atomic E-state index is 12.6. The molecule has 4 rings (SSSR count). The second-order valence-corrected chi connectivity index (χ2v) is 9.73. The van der Waals surface area contributed by atoms with E-state index in [2.05, 4.69) is 14.9 Å². The Morgan fingerprint density at radius 1 is 1.03 bits per heavy atom. The highest BCUT2D eigenvalue weighted by molar-refractivity contribution is 7.89. The van der Waals surface area contributed by atoms with Crippen LogP contribution in [0.4, 0.5) is 0 Å². The molecule has 3 aromatic rings. The minimum Gasteiger partial charge on any atom is -0.486 e. The molecule has 9 heteroatoms. The molecule has 0 saturated heterocycles. The van der Waals surface area contributed by atoms with Gasteiger partial charge in [-0.1, -0.05) is 12.1 Å². The molecule has 2 heterocycles. The normalized spacial score (nSPS) is 13.4. The Labute approximate surface area is 173 Å². The van der Waals surface area contributed by atoms with Gasteiger partial charge in [-0.05, 0) is 54.8 Å². The van der Waals surface area contributed by atoms with Gasteiger partial charge in [-0.2, -0.15) is 0 Å². The Morgan fingerprint density at radius 2 is 1.83 bits per heavy atom. The van der Waals surface area contributed by atoms with E-state index in [1.54, 1.807) is 12.1 Å². The summed E-state index contributed by atoms with van der Waals surface area (Å²) in [5.41, 5.74) is 2.77. The third kappa shape index (κ3) is 4.42. The van der Waals surface area contributed by atoms with Gasteiger partial charge in [0.05, 0.1) is 4.90 Å². The first-order chi connectivity index (χ1) is 13.9. The van der Waals surface area contributed by atoms with Crippen LogP contribution in [0.3, 0.4) is 0 Å². The van der Waals surface area contributed by atoms with Crippen molar-refractivity contribution < 1.29 is 17.9 Å². The highest BCUT2D eigenvalue weighted by Gasteiger charge is 2.17. The minimum atomic E-state index is -3.60. The van der Waals surface area contributed by atoms with Gasteiger partial charge in [0, 0.05) is 13.0 Å². The number of aromatic nitrogens is 2. The third-order valence-corrected chi connectivity index (χ3v) is 6.92. The van der Waals surface area contributed by atoms with E-state index in [0.29, 0.717) is 25.4 Å². The molecule has 0 spiro atoms. The van der Waals surface area contributed by atoms with Crippen LogP contribution in [-0.2, 0) is 16.4 Å². The third-order valence-electron chi connectivity index (χ3n) is 4.56. The Bertz CT molecular complexity index is 1140. The molecule has 1 aliphatic heterocycles. The summed E-state index contributed by atoms with van der Waals surface area (Å²) in [6, 6.07) is 10.9. The van der Waals surface area contributed by atoms with Gasteiger partial charge in [0.25, 0.3) is 0 Å². The van der Waals surface area contributed by atoms with Crippen LogP contribution in [0.25, 0.3) is 11.1 Å². The second-order valence-electron chi connectivity index (χ2n) is 6.70. The van der Waals surface area contributed by atoms with Crippen molar-refractivity contribution in [1.29, 1.82) is 0 Å². The molecule has 7 nitrogen and oxygen atoms in total. The molecule has 0 atom stereocenters. The van der Waals surface area contributed by atoms with E-state index in [1.165, 1.54) is 11.3 Å². The lowest BCUT2D eigenvalue weighted by Gasteiger charge is -2.19. The first-order valence-corrected chi connectivity index (χ1v) is 11.5. The molecule has 2 aromatic carbocycles. The Balaban J connectivity index is 1.50. The zero-order valence-electron chi connectivity index (χ0n) is 16.1. The fourth-order valence-electron chi connectivity index (χ4n) is 3.15. The molecule has 1 N–H and O–H groups in total. The monoisotopic (exact) mass is 431 g/mol. The number of hydrogen-bond acceptors (Lipinski definition) is 7. The number of sulfonamides is 1. The number of rotatable bonds is 6. The Kier molecular flexibility index (Phi) is 5.53. The number of nitrogens with one attached hydrogen (secondary N) is 1. The van der Waals surface area contributed by atoms with Gasteiger partial charge >= 0.3 is 0 Å². The van der Waals surface area contributed by atoms with Gasteiger partial charge in [-0.25, -0.2) is 13.1 Å². The number of hydrogen-bond donors (Lipinski definition) is 1. The lowest BCUT2D eigenvalue weighted by atomic mass is 10.0. The van der Waals surface area contributed by atoms with Gasteiger partial charge in [0.1, 0.15) is 23.2 Å². The van der Waals surface area contributed by atoms with Gasteiger partial charge < -0.3 is 9.47 Å². The molecule has 0 fully saturated rings. The average molecular weight is 432 g/mol. The summed E-state index contributed by atoms with van der Waals surface area (Å²) in [4.78, 5) is 0.240. The molecule has 0 unspecified atom stereocenters. The maximum atomic E-state index is 12.6. The first kappa shape index (κ1) is 19.8. The smallest absolute Gasteiger partial charge is 0.240 e. The number of nitrogens with zero attached hydrogens (tertiary/aromatic N) is 2. The summed E-state index contributed by atoms with van der Waals surface area (Å²) < 4.78 is 39.1. The fourth-order valence-corrected chi connectivity index (χ4v) is 4.98. The summed E-state index contributed by atoms with van der Waals surface area (Å²) in [5, 5.41) is 9.64. The molecular weight excluding hydrogens is 410 g/mol. The SMILES string of the molecule is Cc1nnc(CCNS(=O)(=O)c2ccc(-c3ccc4c(c3)OCCO4)c(C)c2)s1. The largest absolute Gasteiger partial charge is 0.486 e. The molecule has 1 aromatic heterocycles. The van der Waals surface area contributed by atoms with Crippen molar-refractivity contribution in [3.8, 4) is 22.6 Å². The molecule has 0 amide bonds. The van der Waals surface area contributed by atoms with Crippen molar-refractivity contribution in [1.82, 2.24) is 14.9 Å². The maximum Gasteiger partial charge on any atom is 0.240 e. The molecular formula is C20H21N3O4S2. The first-order valence-electron chi connectivity index (χ1n) is 9.22. The van der Waals surface area contributed by atoms with Crippen molar-refractivity contribution in [2.24, 2.45) is 0 Å². The lowest BCUT2D eigenvalue weighted by Crippen LogP contribution is -2.26. The lowest BCUT2D eigenvalue weighted by molar-refractivity contribution is 0.171. The van der Waals surface area contributed by atoms with E-state index in [0.717, 1.165) is 32.5 Å². The topological polar surface area (TPSA) is 90.4 Å². The van der Waals surface area contributed by atoms with E-state index >= 15 is 0 Å². The second kappa shape index (κ2) is 8.10. The van der Waals surface area contributed by atoms with Crippen LogP contribution in [-0.4, -0.2) is 38.4 Å². The van der Waals surface area contributed by atoms with Crippen molar-refractivity contribution in [3.05, 3.63) is 52.0 Å². The van der Waals surface area contributed by atoms with Crippen LogP contribution in [0, 0.1) is 13.8 Å². The molecule has 0 saturated carbocycles. The van der Waals surface area contributed by atoms with Crippen molar-refractivity contribution >= 4 is 21.4 Å². The van der Waals surface area contributed by atoms with Gasteiger partial charge in [0.2, 0.25) is 10.0 Å². The van der Waals surface area contributed by atoms with Gasteiger partial charge in [-0.3, -0.25) is 0 Å². The molecule has 1 aliphatic rings. The summed E-state index contributed by atoms with van der Waals surface area (Å²) in [7, 11) is -3.60. The standard InChI is InChI=1S/C20H21N3O4S2/c1-13-11-16(29(24,25)21-8-7-20-23-22-14(2)28-20)4-5-17(13)15-3-6-18-19(12-15)27-10-9-26-18/h3-6,11-12,21H,7-10H2,1-2H3. The van der Waals surface area contributed by atoms with E-state index < -0.39 is 10.0 Å². The van der Waals surface area contributed by atoms with Crippen LogP contribution < -0.4 is 14.2 Å². The quantitative estimate of drug-likeness (QED) is 0.645. The highest BCUT2D eigenvalue weighted by Crippen LogP contribution is 2.35. The average Bonchev–Trinajstić information content (AvgIpc) is 3.12. The minimum absolute atomic E-state index is 0.240. The van der Waals surface area contributed by atoms with Crippen LogP contribution >= 0.6 is 11.3 Å². The number of benzene rings is 2. The zero-order valence-corrected chi connectivity index (χ0v) is 17.8. The fraction of sp³-hybridized carbons (Fsp3) is 0.300. The zero-order chi connectivity index (χ0) is 20.4. The number of fused-ring (bicyclic) bond motifs is 1. The highest BCUT2D eigenvalue weighted by atomic mass is 32.2. The Hall–Kier alpha value is -2.49. The predicted octanol–water partition coefficient (Wildman–Crippen LogP) is 3.11. The summed E-state index contributed by atoms with van der Waals surface area (Å²) >= 11 is 1.47. The van der Waals surface area contributed by atoms with Crippen LogP contribution in [0.15, 0.2) is 41.3 Å². The van der Waals surface area contributed by atoms with Crippen molar-refractivity contribution in [2.45, 2.75) is 25.2 Å². The van der Waals surface area contributed by atoms with Crippen LogP contribution in [0.5, 0.6) is 11.5 Å². The van der Waals surface area contributed by atoms with Gasteiger partial charge in [0.15, 0.2) is 11.5 Å². The number of ether oxygens (including phenoxy) is 2. The van der Waals surface area contributed by atoms with E-state index in [9.17, 15) is 8.42 Å². The molecule has 152 valence electrons. The molecule has 0 aliphatic carbocycles. The molecule has 0 radical (unpaired) electrons. The molecule has 0 bridgehead atoms. The van der Waals surface area contributed by atoms with E-state index in [4.69, 9.17) is 9.47 Å². The summed E-state index contributed by atoms with van der Waals surface area (Å²) in [6.45, 7) is 5.12. The summed E-state index contributed by atoms with van der Waals surface area (Å²) in [6.07, 6.45) is 0.513. The van der Waals surface area contributed by atoms with Crippen molar-refractivity contribution in [2.75, 3.05) is 19.8 Å². The predicted molar refractivity (Wildman–Crippen MR) is 111 cm³/mol. The Morgan fingerprint density at radius 3 is 2.55 bits per heavy atom. The number of aryl methyl sites for hydroxylation is 2. The molecule has 29 heavy (non-hydrogen) atoms.